The van der Waals surface area contributed by atoms with Crippen LogP contribution in [0.3, 0.4) is 0 Å². The highest BCUT2D eigenvalue weighted by Gasteiger charge is 2.41. The maximum absolute atomic E-state index is 13.5. The minimum absolute atomic E-state index is 0.284. The largest absolute Gasteiger partial charge is 0.385 e. The highest BCUT2D eigenvalue weighted by Crippen LogP contribution is 2.33. The zero-order valence-electron chi connectivity index (χ0n) is 17.6. The molecule has 0 bridgehead atoms. The van der Waals surface area contributed by atoms with Crippen molar-refractivity contribution in [3.05, 3.63) is 71.7 Å². The molecule has 2 amide bonds. The number of nitrogens with zero attached hydrogens (tertiary/aromatic N) is 3. The van der Waals surface area contributed by atoms with Gasteiger partial charge in [-0.3, -0.25) is 14.5 Å². The molecule has 1 fully saturated rings. The van der Waals surface area contributed by atoms with E-state index in [1.807, 2.05) is 23.1 Å². The van der Waals surface area contributed by atoms with Crippen molar-refractivity contribution in [1.82, 2.24) is 9.80 Å². The molecule has 7 heteroatoms. The Morgan fingerprint density at radius 3 is 2.16 bits per heavy atom. The lowest BCUT2D eigenvalue weighted by Crippen LogP contribution is -2.47. The Morgan fingerprint density at radius 1 is 0.871 bits per heavy atom. The lowest BCUT2D eigenvalue weighted by molar-refractivity contribution is -0.137. The number of piperazine rings is 1. The van der Waals surface area contributed by atoms with Crippen molar-refractivity contribution in [1.29, 1.82) is 0 Å². The number of hydrogen-bond donors (Lipinski definition) is 0. The van der Waals surface area contributed by atoms with E-state index in [1.54, 1.807) is 19.2 Å². The second-order valence-corrected chi connectivity index (χ2v) is 7.65. The van der Waals surface area contributed by atoms with Gasteiger partial charge in [0.2, 0.25) is 0 Å². The van der Waals surface area contributed by atoms with E-state index < -0.39 is 0 Å². The Morgan fingerprint density at radius 2 is 1.52 bits per heavy atom. The van der Waals surface area contributed by atoms with Crippen LogP contribution in [0.4, 0.5) is 10.1 Å². The van der Waals surface area contributed by atoms with Gasteiger partial charge in [-0.05, 0) is 36.2 Å². The minimum Gasteiger partial charge on any atom is -0.385 e. The predicted molar refractivity (Wildman–Crippen MR) is 117 cm³/mol. The van der Waals surface area contributed by atoms with Crippen molar-refractivity contribution in [3.63, 3.8) is 0 Å². The van der Waals surface area contributed by atoms with Crippen LogP contribution in [0.15, 0.2) is 60.3 Å². The van der Waals surface area contributed by atoms with E-state index in [9.17, 15) is 14.0 Å². The van der Waals surface area contributed by atoms with Crippen LogP contribution in [0, 0.1) is 5.82 Å². The molecule has 2 aliphatic rings. The van der Waals surface area contributed by atoms with E-state index in [1.165, 1.54) is 17.0 Å². The van der Waals surface area contributed by atoms with E-state index in [2.05, 4.69) is 17.0 Å². The van der Waals surface area contributed by atoms with Crippen LogP contribution in [-0.4, -0.2) is 68.1 Å². The van der Waals surface area contributed by atoms with Gasteiger partial charge < -0.3 is 14.5 Å². The molecule has 2 aliphatic heterocycles. The van der Waals surface area contributed by atoms with Crippen molar-refractivity contribution >= 4 is 23.1 Å². The Kier molecular flexibility index (Phi) is 6.32. The fourth-order valence-electron chi connectivity index (χ4n) is 4.13. The van der Waals surface area contributed by atoms with E-state index in [-0.39, 0.29) is 17.6 Å². The molecule has 0 unspecified atom stereocenters. The molecule has 0 aromatic heterocycles. The molecule has 0 radical (unpaired) electrons. The van der Waals surface area contributed by atoms with Crippen molar-refractivity contribution in [3.8, 4) is 0 Å². The number of anilines is 1. The van der Waals surface area contributed by atoms with Crippen molar-refractivity contribution < 1.29 is 18.7 Å². The molecule has 2 aromatic carbocycles. The molecule has 0 aliphatic carbocycles. The number of amides is 2. The molecule has 1 saturated heterocycles. The number of imide groups is 1. The maximum Gasteiger partial charge on any atom is 0.277 e. The molecule has 4 rings (SSSR count). The van der Waals surface area contributed by atoms with Gasteiger partial charge in [-0.15, -0.1) is 0 Å². The van der Waals surface area contributed by atoms with Crippen LogP contribution in [-0.2, 0) is 14.3 Å². The fourth-order valence-corrected chi connectivity index (χ4v) is 4.13. The summed E-state index contributed by atoms with van der Waals surface area (Å²) in [6.07, 6.45) is 0.569. The number of methoxy groups -OCH3 is 1. The molecular formula is C24H26FN3O3. The maximum atomic E-state index is 13.5. The van der Waals surface area contributed by atoms with Gasteiger partial charge in [0.15, 0.2) is 0 Å². The van der Waals surface area contributed by atoms with Gasteiger partial charge in [0.05, 0.1) is 5.57 Å². The Labute approximate surface area is 181 Å². The highest BCUT2D eigenvalue weighted by molar-refractivity contribution is 6.35. The summed E-state index contributed by atoms with van der Waals surface area (Å²) in [4.78, 5) is 32.1. The number of carbonyl (C=O) groups excluding carboxylic acids is 2. The lowest BCUT2D eigenvalue weighted by Gasteiger charge is -2.37. The smallest absolute Gasteiger partial charge is 0.277 e. The highest BCUT2D eigenvalue weighted by atomic mass is 19.1. The average Bonchev–Trinajstić information content (AvgIpc) is 3.05. The van der Waals surface area contributed by atoms with Crippen molar-refractivity contribution in [2.45, 2.75) is 6.42 Å². The minimum atomic E-state index is -0.379. The third-order valence-corrected chi connectivity index (χ3v) is 5.72. The third kappa shape index (κ3) is 4.32. The molecule has 0 saturated carbocycles. The van der Waals surface area contributed by atoms with Crippen LogP contribution in [0.5, 0.6) is 0 Å². The van der Waals surface area contributed by atoms with E-state index >= 15 is 0 Å². The second kappa shape index (κ2) is 9.31. The first-order valence-corrected chi connectivity index (χ1v) is 10.5. The van der Waals surface area contributed by atoms with Gasteiger partial charge in [-0.1, -0.05) is 30.3 Å². The number of hydrogen-bond acceptors (Lipinski definition) is 5. The summed E-state index contributed by atoms with van der Waals surface area (Å²) >= 11 is 0. The van der Waals surface area contributed by atoms with Gasteiger partial charge in [0, 0.05) is 52.1 Å². The van der Waals surface area contributed by atoms with Crippen molar-refractivity contribution in [2.24, 2.45) is 0 Å². The van der Waals surface area contributed by atoms with Gasteiger partial charge >= 0.3 is 0 Å². The molecular weight excluding hydrogens is 397 g/mol. The number of para-hydroxylation sites is 1. The van der Waals surface area contributed by atoms with E-state index in [0.29, 0.717) is 49.5 Å². The summed E-state index contributed by atoms with van der Waals surface area (Å²) in [5, 5.41) is 0. The first-order chi connectivity index (χ1) is 15.1. The van der Waals surface area contributed by atoms with Crippen LogP contribution in [0.25, 0.3) is 5.57 Å². The molecule has 0 atom stereocenters. The molecule has 6 nitrogen and oxygen atoms in total. The van der Waals surface area contributed by atoms with Gasteiger partial charge in [0.1, 0.15) is 11.5 Å². The van der Waals surface area contributed by atoms with Crippen LogP contribution >= 0.6 is 0 Å². The predicted octanol–water partition coefficient (Wildman–Crippen LogP) is 2.76. The molecule has 31 heavy (non-hydrogen) atoms. The zero-order valence-corrected chi connectivity index (χ0v) is 17.6. The van der Waals surface area contributed by atoms with Gasteiger partial charge in [0.25, 0.3) is 11.8 Å². The Balaban J connectivity index is 1.60. The van der Waals surface area contributed by atoms with Crippen molar-refractivity contribution in [2.75, 3.05) is 51.3 Å². The van der Waals surface area contributed by atoms with E-state index in [4.69, 9.17) is 4.74 Å². The van der Waals surface area contributed by atoms with Crippen LogP contribution < -0.4 is 4.90 Å². The monoisotopic (exact) mass is 423 g/mol. The first kappa shape index (κ1) is 21.1. The molecule has 0 N–H and O–H groups in total. The second-order valence-electron chi connectivity index (χ2n) is 7.65. The molecule has 0 spiro atoms. The first-order valence-electron chi connectivity index (χ1n) is 10.5. The molecule has 2 heterocycles. The summed E-state index contributed by atoms with van der Waals surface area (Å²) in [6, 6.07) is 15.9. The van der Waals surface area contributed by atoms with Gasteiger partial charge in [-0.2, -0.15) is 0 Å². The lowest BCUT2D eigenvalue weighted by atomic mass is 10.0. The Bertz CT molecular complexity index is 967. The number of benzene rings is 2. The number of rotatable bonds is 7. The normalized spacial score (nSPS) is 17.2. The SMILES string of the molecule is COCCCN1C(=O)C(c2ccc(F)cc2)=C(N2CCN(c3ccccc3)CC2)C1=O. The number of ether oxygens (including phenoxy) is 1. The van der Waals surface area contributed by atoms with E-state index in [0.717, 1.165) is 18.8 Å². The molecule has 162 valence electrons. The quantitative estimate of drug-likeness (QED) is 0.506. The summed E-state index contributed by atoms with van der Waals surface area (Å²) < 4.78 is 18.6. The number of halogens is 1. The molecule has 2 aromatic rings. The summed E-state index contributed by atoms with van der Waals surface area (Å²) in [7, 11) is 1.59. The topological polar surface area (TPSA) is 53.1 Å². The summed E-state index contributed by atoms with van der Waals surface area (Å²) in [6.45, 7) is 3.50. The average molecular weight is 423 g/mol. The summed E-state index contributed by atoms with van der Waals surface area (Å²) in [5.74, 6) is -0.988. The standard InChI is InChI=1S/C24H26FN3O3/c1-31-17-5-12-28-23(29)21(18-8-10-19(25)11-9-18)22(24(28)30)27-15-13-26(14-16-27)20-6-3-2-4-7-20/h2-4,6-11H,5,12-17H2,1H3. The van der Waals surface area contributed by atoms with Gasteiger partial charge in [-0.25, -0.2) is 4.39 Å². The summed E-state index contributed by atoms with van der Waals surface area (Å²) in [5.41, 5.74) is 2.48. The Hall–Kier alpha value is -3.19. The van der Waals surface area contributed by atoms with Crippen LogP contribution in [0.1, 0.15) is 12.0 Å². The fraction of sp³-hybridized carbons (Fsp3) is 0.333. The van der Waals surface area contributed by atoms with Crippen LogP contribution in [0.2, 0.25) is 0 Å². The third-order valence-electron chi connectivity index (χ3n) is 5.72. The number of carbonyl (C=O) groups is 2. The zero-order chi connectivity index (χ0) is 21.8.